The molecule has 0 rings (SSSR count). The van der Waals surface area contributed by atoms with E-state index >= 15 is 0 Å². The summed E-state index contributed by atoms with van der Waals surface area (Å²) in [5.74, 6) is -0.867. The zero-order chi connectivity index (χ0) is 64.4. The molecular weight excluding hydrogens is 1120 g/mol. The van der Waals surface area contributed by atoms with Crippen LogP contribution in [0.4, 0.5) is 0 Å². The number of nitrogens with two attached hydrogens (primary N) is 1. The van der Waals surface area contributed by atoms with E-state index in [4.69, 9.17) is 24.3 Å². The number of hydrogen-bond acceptors (Lipinski definition) is 8. The minimum Gasteiger partial charge on any atom is -0.462 e. The van der Waals surface area contributed by atoms with Crippen molar-refractivity contribution in [3.63, 3.8) is 0 Å². The molecule has 10 heteroatoms. The van der Waals surface area contributed by atoms with Crippen LogP contribution in [0.2, 0.25) is 0 Å². The average molecular weight is 1250 g/mol. The monoisotopic (exact) mass is 1250 g/mol. The molecule has 0 spiro atoms. The summed E-state index contributed by atoms with van der Waals surface area (Å²) in [6.45, 7) is 3.47. The van der Waals surface area contributed by atoms with Crippen LogP contribution in [0.5, 0.6) is 0 Å². The van der Waals surface area contributed by atoms with Crippen molar-refractivity contribution in [2.45, 2.75) is 251 Å². The van der Waals surface area contributed by atoms with Crippen LogP contribution in [-0.4, -0.2) is 49.3 Å². The van der Waals surface area contributed by atoms with Crippen molar-refractivity contribution in [2.75, 3.05) is 26.4 Å². The third-order valence-electron chi connectivity index (χ3n) is 13.7. The van der Waals surface area contributed by atoms with Gasteiger partial charge in [0.25, 0.3) is 0 Å². The maximum absolute atomic E-state index is 12.8. The van der Waals surface area contributed by atoms with Gasteiger partial charge in [-0.05, 0) is 148 Å². The quantitative estimate of drug-likeness (QED) is 0.0264. The van der Waals surface area contributed by atoms with E-state index in [1.165, 1.54) is 32.1 Å². The second kappa shape index (κ2) is 71.7. The van der Waals surface area contributed by atoms with E-state index < -0.39 is 32.5 Å². The topological polar surface area (TPSA) is 134 Å². The van der Waals surface area contributed by atoms with Gasteiger partial charge >= 0.3 is 19.8 Å². The molecular formula is C79H124NO8P. The van der Waals surface area contributed by atoms with E-state index in [0.29, 0.717) is 12.8 Å². The van der Waals surface area contributed by atoms with Crippen LogP contribution < -0.4 is 5.73 Å². The standard InChI is InChI=1S/C79H124NO8P/c1-3-5-7-9-11-13-15-17-19-21-23-25-27-29-31-33-35-36-37-38-39-40-42-44-46-48-50-52-54-56-58-60-62-64-66-68-70-72-79(82)88-77(76-87-89(83,84)86-74-73-80)75-85-78(81)71-69-67-65-63-61-59-57-55-53-51-49-47-45-43-41-34-32-30-28-26-24-22-20-18-16-14-12-10-8-6-4-2/h5-8,11-14,17-20,23-26,29-32,35-36,38-39,41-44,47-50,53,55,77H,3-4,9-10,15-16,21-22,27-28,33-34,37,40,45-46,51-52,54,56-76,80H2,1-2H3,(H,83,84)/b7-5-,8-6-,13-11-,14-12-,19-17-,20-18-,25-23-,26-24-,31-29-,32-30-,36-35-,39-38-,43-41-,44-42-,49-47-,50-48-,55-53-. The molecule has 3 N–H and O–H groups in total. The lowest BCUT2D eigenvalue weighted by Crippen LogP contribution is -2.29. The second-order valence-electron chi connectivity index (χ2n) is 21.9. The Hall–Kier alpha value is -5.41. The highest BCUT2D eigenvalue weighted by molar-refractivity contribution is 7.47. The molecule has 0 aromatic rings. The number of carbonyl (C=O) groups excluding carboxylic acids is 2. The summed E-state index contributed by atoms with van der Waals surface area (Å²) in [7, 11) is -4.42. The van der Waals surface area contributed by atoms with Crippen LogP contribution in [0.25, 0.3) is 0 Å². The highest BCUT2D eigenvalue weighted by Crippen LogP contribution is 2.43. The summed E-state index contributed by atoms with van der Waals surface area (Å²) >= 11 is 0. The Morgan fingerprint density at radius 3 is 0.865 bits per heavy atom. The fourth-order valence-electron chi connectivity index (χ4n) is 8.64. The SMILES string of the molecule is CC/C=C\C/C=C\C/C=C\C/C=C\C/C=C\C/C=C\C/C=C\C/C=C\C/C=C\CCCCCCCCCCCC(=O)OC(COC(=O)CCCCCCCC/C=C\C/C=C\C/C=C\C/C=C\C/C=C\C/C=C\C/C=C\C/C=C\CC)COP(=O)(O)OCCN. The van der Waals surface area contributed by atoms with Crippen LogP contribution in [-0.2, 0) is 32.7 Å². The van der Waals surface area contributed by atoms with E-state index in [9.17, 15) is 19.0 Å². The maximum Gasteiger partial charge on any atom is 0.472 e. The van der Waals surface area contributed by atoms with Crippen molar-refractivity contribution in [2.24, 2.45) is 5.73 Å². The molecule has 0 heterocycles. The van der Waals surface area contributed by atoms with E-state index in [1.54, 1.807) is 0 Å². The third-order valence-corrected chi connectivity index (χ3v) is 14.6. The van der Waals surface area contributed by atoms with Gasteiger partial charge < -0.3 is 20.1 Å². The number of rotatable bonds is 62. The normalized spacial score (nSPS) is 14.2. The van der Waals surface area contributed by atoms with E-state index in [0.717, 1.165) is 173 Å². The summed E-state index contributed by atoms with van der Waals surface area (Å²) in [6.07, 6.45) is 110. The summed E-state index contributed by atoms with van der Waals surface area (Å²) in [6, 6.07) is 0. The van der Waals surface area contributed by atoms with Crippen molar-refractivity contribution < 1.29 is 37.6 Å². The number of hydrogen-bond donors (Lipinski definition) is 2. The van der Waals surface area contributed by atoms with Gasteiger partial charge in [0.1, 0.15) is 6.61 Å². The van der Waals surface area contributed by atoms with Crippen LogP contribution in [0.1, 0.15) is 245 Å². The zero-order valence-corrected chi connectivity index (χ0v) is 56.7. The highest BCUT2D eigenvalue weighted by Gasteiger charge is 2.26. The first-order valence-electron chi connectivity index (χ1n) is 34.6. The van der Waals surface area contributed by atoms with Crippen LogP contribution >= 0.6 is 7.82 Å². The summed E-state index contributed by atoms with van der Waals surface area (Å²) in [5, 5.41) is 0. The van der Waals surface area contributed by atoms with Crippen LogP contribution in [0.15, 0.2) is 207 Å². The van der Waals surface area contributed by atoms with Crippen molar-refractivity contribution in [3.8, 4) is 0 Å². The van der Waals surface area contributed by atoms with Crippen molar-refractivity contribution in [3.05, 3.63) is 207 Å². The second-order valence-corrected chi connectivity index (χ2v) is 23.4. The Kier molecular flexibility index (Phi) is 67.3. The molecule has 0 aliphatic heterocycles. The molecule has 0 fully saturated rings. The highest BCUT2D eigenvalue weighted by atomic mass is 31.2. The molecule has 0 aliphatic carbocycles. The summed E-state index contributed by atoms with van der Waals surface area (Å²) < 4.78 is 33.1. The van der Waals surface area contributed by atoms with E-state index in [1.807, 2.05) is 0 Å². The molecule has 2 unspecified atom stereocenters. The molecule has 0 aliphatic rings. The lowest BCUT2D eigenvalue weighted by molar-refractivity contribution is -0.161. The minimum absolute atomic E-state index is 0.0389. The predicted molar refractivity (Wildman–Crippen MR) is 385 cm³/mol. The smallest absolute Gasteiger partial charge is 0.462 e. The fraction of sp³-hybridized carbons (Fsp3) is 0.544. The van der Waals surface area contributed by atoms with Crippen LogP contribution in [0, 0.1) is 0 Å². The number of unbranched alkanes of at least 4 members (excludes halogenated alkanes) is 15. The number of carbonyl (C=O) groups is 2. The third kappa shape index (κ3) is 71.5. The van der Waals surface area contributed by atoms with Crippen molar-refractivity contribution in [1.82, 2.24) is 0 Å². The lowest BCUT2D eigenvalue weighted by Gasteiger charge is -2.19. The van der Waals surface area contributed by atoms with Gasteiger partial charge in [-0.15, -0.1) is 0 Å². The molecule has 0 radical (unpaired) electrons. The predicted octanol–water partition coefficient (Wildman–Crippen LogP) is 23.1. The van der Waals surface area contributed by atoms with Gasteiger partial charge in [-0.1, -0.05) is 291 Å². The first kappa shape index (κ1) is 83.6. The van der Waals surface area contributed by atoms with Gasteiger partial charge in [0, 0.05) is 19.4 Å². The lowest BCUT2D eigenvalue weighted by atomic mass is 10.1. The van der Waals surface area contributed by atoms with Gasteiger partial charge in [0.15, 0.2) is 6.10 Å². The molecule has 0 bridgehead atoms. The summed E-state index contributed by atoms with van der Waals surface area (Å²) in [5.41, 5.74) is 5.40. The fourth-order valence-corrected chi connectivity index (χ4v) is 9.41. The van der Waals surface area contributed by atoms with Crippen molar-refractivity contribution >= 4 is 19.8 Å². The molecule has 89 heavy (non-hydrogen) atoms. The Morgan fingerprint density at radius 2 is 0.584 bits per heavy atom. The van der Waals surface area contributed by atoms with Gasteiger partial charge in [-0.25, -0.2) is 4.57 Å². The molecule has 0 amide bonds. The minimum atomic E-state index is -4.42. The number of allylic oxidation sites excluding steroid dienone is 34. The molecule has 498 valence electrons. The Bertz CT molecular complexity index is 2210. The maximum atomic E-state index is 12.8. The summed E-state index contributed by atoms with van der Waals surface area (Å²) in [4.78, 5) is 35.4. The molecule has 0 aromatic carbocycles. The van der Waals surface area contributed by atoms with Gasteiger partial charge in [-0.3, -0.25) is 18.6 Å². The molecule has 0 saturated carbocycles. The average Bonchev–Trinajstić information content (AvgIpc) is 3.68. The van der Waals surface area contributed by atoms with Gasteiger partial charge in [-0.2, -0.15) is 0 Å². The molecule has 2 atom stereocenters. The van der Waals surface area contributed by atoms with E-state index in [-0.39, 0.29) is 32.6 Å². The van der Waals surface area contributed by atoms with E-state index in [2.05, 4.69) is 220 Å². The molecule has 0 saturated heterocycles. The van der Waals surface area contributed by atoms with Crippen molar-refractivity contribution in [1.29, 1.82) is 0 Å². The van der Waals surface area contributed by atoms with Crippen LogP contribution in [0.3, 0.4) is 0 Å². The number of phosphoric ester groups is 1. The molecule has 9 nitrogen and oxygen atoms in total. The first-order chi connectivity index (χ1) is 43.8. The van der Waals surface area contributed by atoms with Gasteiger partial charge in [0.05, 0.1) is 13.2 Å². The Balaban J connectivity index is 4.04. The number of phosphoric acid groups is 1. The Labute approximate surface area is 544 Å². The zero-order valence-electron chi connectivity index (χ0n) is 55.8. The largest absolute Gasteiger partial charge is 0.472 e. The number of ether oxygens (including phenoxy) is 2. The first-order valence-corrected chi connectivity index (χ1v) is 36.1. The van der Waals surface area contributed by atoms with Gasteiger partial charge in [0.2, 0.25) is 0 Å². The Morgan fingerprint density at radius 1 is 0.337 bits per heavy atom. The molecule has 0 aromatic heterocycles. The number of esters is 2.